The lowest BCUT2D eigenvalue weighted by Gasteiger charge is -2.08. The fourth-order valence-corrected chi connectivity index (χ4v) is 2.98. The van der Waals surface area contributed by atoms with E-state index < -0.39 is 17.4 Å². The molecule has 0 aliphatic carbocycles. The zero-order valence-electron chi connectivity index (χ0n) is 12.4. The first-order valence-corrected chi connectivity index (χ1v) is 7.59. The van der Waals surface area contributed by atoms with Crippen LogP contribution in [0.1, 0.15) is 0 Å². The number of fused-ring (bicyclic) bond motifs is 1. The number of aliphatic hydroxyl groups is 2. The minimum atomic E-state index is -0.881. The van der Waals surface area contributed by atoms with Crippen molar-refractivity contribution in [3.8, 4) is 0 Å². The van der Waals surface area contributed by atoms with E-state index in [-0.39, 0.29) is 18.0 Å². The molecular formula is C13H18N4O4S. The van der Waals surface area contributed by atoms with Crippen molar-refractivity contribution < 1.29 is 10.2 Å². The van der Waals surface area contributed by atoms with Gasteiger partial charge in [-0.1, -0.05) is 17.8 Å². The largest absolute Gasteiger partial charge is 0.394 e. The highest BCUT2D eigenvalue weighted by Gasteiger charge is 2.19. The molecular weight excluding hydrogens is 308 g/mol. The van der Waals surface area contributed by atoms with Crippen LogP contribution < -0.4 is 11.2 Å². The molecule has 2 heterocycles. The van der Waals surface area contributed by atoms with Crippen LogP contribution in [0.3, 0.4) is 0 Å². The van der Waals surface area contributed by atoms with Crippen molar-refractivity contribution in [2.75, 3.05) is 12.4 Å². The number of allylic oxidation sites excluding steroid dienone is 1. The molecule has 2 N–H and O–H groups in total. The molecule has 0 bridgehead atoms. The lowest BCUT2D eigenvalue weighted by atomic mass is 10.4. The normalized spacial score (nSPS) is 12.7. The maximum absolute atomic E-state index is 12.4. The fourth-order valence-electron chi connectivity index (χ4n) is 2.06. The molecule has 0 aromatic carbocycles. The van der Waals surface area contributed by atoms with Crippen LogP contribution in [0, 0.1) is 0 Å². The molecule has 0 aliphatic rings. The lowest BCUT2D eigenvalue weighted by molar-refractivity contribution is 0.113. The van der Waals surface area contributed by atoms with Crippen molar-refractivity contribution in [3.63, 3.8) is 0 Å². The highest BCUT2D eigenvalue weighted by atomic mass is 32.2. The number of nitrogens with zero attached hydrogens (tertiary/aromatic N) is 4. The first-order valence-electron chi connectivity index (χ1n) is 6.61. The summed E-state index contributed by atoms with van der Waals surface area (Å²) < 4.78 is 3.99. The Hall–Kier alpha value is -1.84. The second kappa shape index (κ2) is 6.51. The van der Waals surface area contributed by atoms with E-state index in [1.165, 1.54) is 23.4 Å². The van der Waals surface area contributed by atoms with Gasteiger partial charge in [0, 0.05) is 26.4 Å². The number of aliphatic hydroxyl groups excluding tert-OH is 2. The minimum absolute atomic E-state index is 0.227. The average molecular weight is 326 g/mol. The van der Waals surface area contributed by atoms with Crippen molar-refractivity contribution in [1.82, 2.24) is 18.7 Å². The Morgan fingerprint density at radius 3 is 2.64 bits per heavy atom. The number of hydrogen-bond donors (Lipinski definition) is 2. The van der Waals surface area contributed by atoms with Gasteiger partial charge in [-0.05, 0) is 0 Å². The molecule has 8 nitrogen and oxygen atoms in total. The van der Waals surface area contributed by atoms with Crippen LogP contribution in [-0.2, 0) is 20.6 Å². The maximum Gasteiger partial charge on any atom is 0.332 e. The molecule has 9 heteroatoms. The fraction of sp³-hybridized carbons (Fsp3) is 0.462. The van der Waals surface area contributed by atoms with E-state index in [1.54, 1.807) is 17.7 Å². The van der Waals surface area contributed by atoms with Crippen LogP contribution in [0.2, 0.25) is 0 Å². The summed E-state index contributed by atoms with van der Waals surface area (Å²) in [6.45, 7) is 3.66. The topological polar surface area (TPSA) is 102 Å². The highest BCUT2D eigenvalue weighted by Crippen LogP contribution is 2.22. The second-order valence-electron chi connectivity index (χ2n) is 4.82. The summed E-state index contributed by atoms with van der Waals surface area (Å²) in [5, 5.41) is 18.8. The van der Waals surface area contributed by atoms with Crippen molar-refractivity contribution >= 4 is 22.9 Å². The Kier molecular flexibility index (Phi) is 4.89. The Labute approximate surface area is 130 Å². The first-order chi connectivity index (χ1) is 10.4. The lowest BCUT2D eigenvalue weighted by Crippen LogP contribution is -2.37. The molecule has 120 valence electrons. The third-order valence-corrected chi connectivity index (χ3v) is 4.36. The third-order valence-electron chi connectivity index (χ3n) is 3.24. The highest BCUT2D eigenvalue weighted by molar-refractivity contribution is 7.99. The van der Waals surface area contributed by atoms with Crippen LogP contribution in [0.5, 0.6) is 0 Å². The Morgan fingerprint density at radius 1 is 1.36 bits per heavy atom. The number of rotatable bonds is 6. The van der Waals surface area contributed by atoms with Crippen LogP contribution in [0.4, 0.5) is 0 Å². The summed E-state index contributed by atoms with van der Waals surface area (Å²) in [7, 11) is 2.96. The Morgan fingerprint density at radius 2 is 2.05 bits per heavy atom. The Balaban J connectivity index is 2.67. The third kappa shape index (κ3) is 2.74. The molecule has 2 aromatic rings. The molecule has 0 saturated carbocycles. The zero-order valence-corrected chi connectivity index (χ0v) is 13.2. The van der Waals surface area contributed by atoms with Crippen LogP contribution >= 0.6 is 11.8 Å². The summed E-state index contributed by atoms with van der Waals surface area (Å²) in [5.74, 6) is 0.227. The second-order valence-corrected chi connectivity index (χ2v) is 5.81. The van der Waals surface area contributed by atoms with Crippen LogP contribution in [-0.4, -0.2) is 47.4 Å². The summed E-state index contributed by atoms with van der Waals surface area (Å²) in [6, 6.07) is 0. The van der Waals surface area contributed by atoms with Gasteiger partial charge >= 0.3 is 5.69 Å². The monoisotopic (exact) mass is 326 g/mol. The van der Waals surface area contributed by atoms with Gasteiger partial charge in [-0.2, -0.15) is 0 Å². The van der Waals surface area contributed by atoms with Gasteiger partial charge < -0.3 is 14.8 Å². The van der Waals surface area contributed by atoms with E-state index in [1.807, 2.05) is 0 Å². The van der Waals surface area contributed by atoms with Gasteiger partial charge in [-0.3, -0.25) is 13.9 Å². The predicted molar refractivity (Wildman–Crippen MR) is 84.2 cm³/mol. The standard InChI is InChI=1S/C13H18N4O4S/c1-4-5-17-9-10(14-12(17)22-7-8(19)6-18)15(2)13(21)16(3)11(9)20/h4,8,18-19H,1,5-7H2,2-3H3. The van der Waals surface area contributed by atoms with E-state index in [9.17, 15) is 14.7 Å². The molecule has 0 amide bonds. The van der Waals surface area contributed by atoms with Gasteiger partial charge in [-0.25, -0.2) is 9.78 Å². The van der Waals surface area contributed by atoms with Gasteiger partial charge in [0.15, 0.2) is 16.3 Å². The van der Waals surface area contributed by atoms with Gasteiger partial charge in [0.25, 0.3) is 5.56 Å². The Bertz CT molecular complexity index is 820. The molecule has 0 radical (unpaired) electrons. The van der Waals surface area contributed by atoms with Crippen molar-refractivity contribution in [2.45, 2.75) is 17.8 Å². The molecule has 1 unspecified atom stereocenters. The van der Waals surface area contributed by atoms with Gasteiger partial charge in [0.1, 0.15) is 0 Å². The number of aromatic nitrogens is 4. The van der Waals surface area contributed by atoms with Gasteiger partial charge in [0.2, 0.25) is 0 Å². The summed E-state index contributed by atoms with van der Waals surface area (Å²) in [4.78, 5) is 28.7. The molecule has 22 heavy (non-hydrogen) atoms. The number of aryl methyl sites for hydroxylation is 1. The van der Waals surface area contributed by atoms with Gasteiger partial charge in [-0.15, -0.1) is 6.58 Å². The SMILES string of the molecule is C=CCn1c(SCC(O)CO)nc2c1c(=O)n(C)c(=O)n2C. The quantitative estimate of drug-likeness (QED) is 0.525. The first kappa shape index (κ1) is 16.5. The van der Waals surface area contributed by atoms with Gasteiger partial charge in [0.05, 0.1) is 12.7 Å². The summed E-state index contributed by atoms with van der Waals surface area (Å²) in [5.41, 5.74) is -0.281. The predicted octanol–water partition coefficient (Wildman–Crippen LogP) is -0.935. The zero-order chi connectivity index (χ0) is 16.4. The molecule has 0 fully saturated rings. The van der Waals surface area contributed by atoms with E-state index >= 15 is 0 Å². The van der Waals surface area contributed by atoms with E-state index in [0.29, 0.717) is 17.2 Å². The molecule has 1 atom stereocenters. The van der Waals surface area contributed by atoms with Crippen molar-refractivity contribution in [1.29, 1.82) is 0 Å². The van der Waals surface area contributed by atoms with E-state index in [2.05, 4.69) is 11.6 Å². The van der Waals surface area contributed by atoms with Crippen LogP contribution in [0.25, 0.3) is 11.2 Å². The number of imidazole rings is 1. The van der Waals surface area contributed by atoms with E-state index in [4.69, 9.17) is 5.11 Å². The summed E-state index contributed by atoms with van der Waals surface area (Å²) >= 11 is 1.21. The molecule has 0 saturated heterocycles. The maximum atomic E-state index is 12.4. The van der Waals surface area contributed by atoms with Crippen molar-refractivity contribution in [2.24, 2.45) is 14.1 Å². The molecule has 0 aliphatic heterocycles. The number of hydrogen-bond acceptors (Lipinski definition) is 6. The summed E-state index contributed by atoms with van der Waals surface area (Å²) in [6.07, 6.45) is 0.742. The number of thioether (sulfide) groups is 1. The van der Waals surface area contributed by atoms with Crippen LogP contribution in [0.15, 0.2) is 27.4 Å². The van der Waals surface area contributed by atoms with Crippen molar-refractivity contribution in [3.05, 3.63) is 33.5 Å². The molecule has 2 rings (SSSR count). The van der Waals surface area contributed by atoms with E-state index in [0.717, 1.165) is 4.57 Å². The molecule has 2 aromatic heterocycles. The minimum Gasteiger partial charge on any atom is -0.394 e. The molecule has 0 spiro atoms. The average Bonchev–Trinajstić information content (AvgIpc) is 2.87. The smallest absolute Gasteiger partial charge is 0.332 e.